The van der Waals surface area contributed by atoms with Crippen LogP contribution in [0.15, 0.2) is 18.2 Å². The van der Waals surface area contributed by atoms with Gasteiger partial charge in [-0.15, -0.1) is 0 Å². The Kier molecular flexibility index (Phi) is 5.22. The lowest BCUT2D eigenvalue weighted by Crippen LogP contribution is -2.19. The first-order valence-electron chi connectivity index (χ1n) is 4.54. The summed E-state index contributed by atoms with van der Waals surface area (Å²) in [6.07, 6.45) is 1.65. The quantitative estimate of drug-likeness (QED) is 0.809. The van der Waals surface area contributed by atoms with Crippen molar-refractivity contribution in [3.63, 3.8) is 0 Å². The van der Waals surface area contributed by atoms with Gasteiger partial charge in [0.05, 0.1) is 0 Å². The molecule has 84 valence electrons. The Morgan fingerprint density at radius 3 is 2.93 bits per heavy atom. The molecule has 2 nitrogen and oxygen atoms in total. The highest BCUT2D eigenvalue weighted by atomic mass is 35.5. The molecule has 15 heavy (non-hydrogen) atoms. The van der Waals surface area contributed by atoms with Gasteiger partial charge in [0.25, 0.3) is 0 Å². The van der Waals surface area contributed by atoms with Crippen LogP contribution in [0.5, 0.6) is 0 Å². The number of halogens is 2. The van der Waals surface area contributed by atoms with Gasteiger partial charge < -0.3 is 5.32 Å². The summed E-state index contributed by atoms with van der Waals surface area (Å²) in [4.78, 5) is 0. The summed E-state index contributed by atoms with van der Waals surface area (Å²) in [5.41, 5.74) is 0.721. The minimum absolute atomic E-state index is 0.296. The zero-order valence-corrected chi connectivity index (χ0v) is 10.00. The van der Waals surface area contributed by atoms with Crippen molar-refractivity contribution < 1.29 is 8.60 Å². The minimum atomic E-state index is -0.803. The highest BCUT2D eigenvalue weighted by Gasteiger charge is 2.01. The first-order chi connectivity index (χ1) is 7.09. The Bertz CT molecular complexity index is 359. The van der Waals surface area contributed by atoms with E-state index in [-0.39, 0.29) is 5.82 Å². The largest absolute Gasteiger partial charge is 0.312 e. The van der Waals surface area contributed by atoms with E-state index in [1.165, 1.54) is 18.2 Å². The standard InChI is InChI=1S/C10H13ClFNOS/c1-15(14)5-4-13-7-8-6-9(12)2-3-10(8)11/h2-3,6,13H,4-5,7H2,1H3. The lowest BCUT2D eigenvalue weighted by molar-refractivity contribution is 0.621. The van der Waals surface area contributed by atoms with Crippen molar-refractivity contribution in [2.24, 2.45) is 0 Å². The van der Waals surface area contributed by atoms with E-state index in [0.29, 0.717) is 23.9 Å². The fourth-order valence-electron chi connectivity index (χ4n) is 1.12. The summed E-state index contributed by atoms with van der Waals surface area (Å²) < 4.78 is 23.6. The van der Waals surface area contributed by atoms with Gasteiger partial charge in [-0.1, -0.05) is 11.6 Å². The third-order valence-electron chi connectivity index (χ3n) is 1.89. The number of hydrogen-bond acceptors (Lipinski definition) is 2. The third-order valence-corrected chi connectivity index (χ3v) is 3.04. The van der Waals surface area contributed by atoms with E-state index >= 15 is 0 Å². The molecule has 0 fully saturated rings. The average molecular weight is 250 g/mol. The summed E-state index contributed by atoms with van der Waals surface area (Å²) in [5.74, 6) is 0.294. The molecule has 1 unspecified atom stereocenters. The number of hydrogen-bond donors (Lipinski definition) is 1. The molecule has 0 radical (unpaired) electrons. The highest BCUT2D eigenvalue weighted by molar-refractivity contribution is 7.84. The maximum atomic E-state index is 12.8. The predicted octanol–water partition coefficient (Wildman–Crippen LogP) is 1.95. The molecule has 0 aromatic heterocycles. The molecule has 0 amide bonds. The molecule has 0 spiro atoms. The monoisotopic (exact) mass is 249 g/mol. The van der Waals surface area contributed by atoms with Crippen LogP contribution in [0.3, 0.4) is 0 Å². The average Bonchev–Trinajstić information content (AvgIpc) is 2.17. The van der Waals surface area contributed by atoms with Crippen LogP contribution in [0.4, 0.5) is 4.39 Å². The van der Waals surface area contributed by atoms with Gasteiger partial charge in [-0.2, -0.15) is 0 Å². The fraction of sp³-hybridized carbons (Fsp3) is 0.400. The van der Waals surface area contributed by atoms with Gasteiger partial charge in [0.15, 0.2) is 0 Å². The van der Waals surface area contributed by atoms with E-state index in [0.717, 1.165) is 5.56 Å². The minimum Gasteiger partial charge on any atom is -0.312 e. The van der Waals surface area contributed by atoms with Gasteiger partial charge >= 0.3 is 0 Å². The second-order valence-electron chi connectivity index (χ2n) is 3.19. The molecule has 0 saturated carbocycles. The van der Waals surface area contributed by atoms with E-state index in [9.17, 15) is 8.60 Å². The van der Waals surface area contributed by atoms with Crippen molar-refractivity contribution in [1.82, 2.24) is 5.32 Å². The van der Waals surface area contributed by atoms with Gasteiger partial charge in [-0.05, 0) is 23.8 Å². The molecule has 0 aliphatic carbocycles. The fourth-order valence-corrected chi connectivity index (χ4v) is 1.73. The van der Waals surface area contributed by atoms with E-state index in [1.807, 2.05) is 0 Å². The maximum absolute atomic E-state index is 12.8. The Balaban J connectivity index is 2.43. The summed E-state index contributed by atoms with van der Waals surface area (Å²) in [5, 5.41) is 3.60. The van der Waals surface area contributed by atoms with Crippen molar-refractivity contribution in [2.75, 3.05) is 18.6 Å². The molecule has 1 rings (SSSR count). The first kappa shape index (κ1) is 12.6. The second-order valence-corrected chi connectivity index (χ2v) is 5.15. The lowest BCUT2D eigenvalue weighted by Gasteiger charge is -2.05. The Hall–Kier alpha value is -0.450. The zero-order valence-electron chi connectivity index (χ0n) is 8.43. The molecule has 0 bridgehead atoms. The lowest BCUT2D eigenvalue weighted by atomic mass is 10.2. The van der Waals surface area contributed by atoms with Crippen LogP contribution < -0.4 is 5.32 Å². The Morgan fingerprint density at radius 2 is 2.27 bits per heavy atom. The molecular weight excluding hydrogens is 237 g/mol. The van der Waals surface area contributed by atoms with Crippen LogP contribution in [0.2, 0.25) is 5.02 Å². The van der Waals surface area contributed by atoms with Crippen LogP contribution >= 0.6 is 11.6 Å². The van der Waals surface area contributed by atoms with Crippen molar-refractivity contribution in [3.8, 4) is 0 Å². The molecule has 1 aromatic rings. The van der Waals surface area contributed by atoms with E-state index in [4.69, 9.17) is 11.6 Å². The van der Waals surface area contributed by atoms with Crippen LogP contribution in [-0.4, -0.2) is 22.8 Å². The van der Waals surface area contributed by atoms with Crippen LogP contribution in [0.25, 0.3) is 0 Å². The SMILES string of the molecule is CS(=O)CCNCc1cc(F)ccc1Cl. The van der Waals surface area contributed by atoms with Gasteiger partial charge in [0, 0.05) is 40.9 Å². The molecule has 0 heterocycles. The van der Waals surface area contributed by atoms with Gasteiger partial charge in [-0.3, -0.25) is 4.21 Å². The molecule has 0 aliphatic rings. The van der Waals surface area contributed by atoms with E-state index in [1.54, 1.807) is 6.26 Å². The van der Waals surface area contributed by atoms with Crippen molar-refractivity contribution in [2.45, 2.75) is 6.54 Å². The van der Waals surface area contributed by atoms with E-state index in [2.05, 4.69) is 5.32 Å². The van der Waals surface area contributed by atoms with Gasteiger partial charge in [0.2, 0.25) is 0 Å². The summed E-state index contributed by atoms with van der Waals surface area (Å²) in [7, 11) is -0.803. The Labute approximate surface area is 96.3 Å². The molecule has 1 atom stereocenters. The predicted molar refractivity (Wildman–Crippen MR) is 62.1 cm³/mol. The number of benzene rings is 1. The van der Waals surface area contributed by atoms with Crippen LogP contribution in [-0.2, 0) is 17.3 Å². The topological polar surface area (TPSA) is 29.1 Å². The first-order valence-corrected chi connectivity index (χ1v) is 6.65. The van der Waals surface area contributed by atoms with Gasteiger partial charge in [0.1, 0.15) is 5.82 Å². The number of rotatable bonds is 5. The van der Waals surface area contributed by atoms with Crippen LogP contribution in [0, 0.1) is 5.82 Å². The molecule has 5 heteroatoms. The Morgan fingerprint density at radius 1 is 1.53 bits per heavy atom. The number of nitrogens with one attached hydrogen (secondary N) is 1. The van der Waals surface area contributed by atoms with E-state index < -0.39 is 10.8 Å². The molecule has 1 aromatic carbocycles. The third kappa shape index (κ3) is 4.73. The van der Waals surface area contributed by atoms with Crippen LogP contribution in [0.1, 0.15) is 5.56 Å². The summed E-state index contributed by atoms with van der Waals surface area (Å²) in [6.45, 7) is 1.13. The molecule has 1 N–H and O–H groups in total. The molecular formula is C10H13ClFNOS. The normalized spacial score (nSPS) is 12.7. The smallest absolute Gasteiger partial charge is 0.123 e. The summed E-state index contributed by atoms with van der Waals surface area (Å²) >= 11 is 5.87. The second kappa shape index (κ2) is 6.20. The zero-order chi connectivity index (χ0) is 11.3. The van der Waals surface area contributed by atoms with Crippen molar-refractivity contribution >= 4 is 22.4 Å². The van der Waals surface area contributed by atoms with Crippen molar-refractivity contribution in [3.05, 3.63) is 34.6 Å². The maximum Gasteiger partial charge on any atom is 0.123 e. The highest BCUT2D eigenvalue weighted by Crippen LogP contribution is 2.16. The van der Waals surface area contributed by atoms with Gasteiger partial charge in [-0.25, -0.2) is 4.39 Å². The summed E-state index contributed by atoms with van der Waals surface area (Å²) in [6, 6.07) is 4.26. The molecule has 0 aliphatic heterocycles. The van der Waals surface area contributed by atoms with Crippen molar-refractivity contribution in [1.29, 1.82) is 0 Å². The molecule has 0 saturated heterocycles.